The molecule has 0 aliphatic carbocycles. The minimum atomic E-state index is -0.883. The lowest BCUT2D eigenvalue weighted by Crippen LogP contribution is -2.38. The summed E-state index contributed by atoms with van der Waals surface area (Å²) in [5.41, 5.74) is 4.48. The molecule has 0 aliphatic rings. The molecule has 2 aromatic carbocycles. The molecule has 2 aromatic rings. The van der Waals surface area contributed by atoms with Crippen molar-refractivity contribution in [3.05, 3.63) is 58.6 Å². The summed E-state index contributed by atoms with van der Waals surface area (Å²) in [6.07, 6.45) is 2.05. The fraction of sp³-hybridized carbons (Fsp3) is 0.333. The van der Waals surface area contributed by atoms with Crippen molar-refractivity contribution < 1.29 is 23.9 Å². The number of nitrogens with one attached hydrogen (secondary N) is 3. The van der Waals surface area contributed by atoms with Crippen molar-refractivity contribution in [2.45, 2.75) is 33.3 Å². The molecule has 10 heteroatoms. The Labute approximate surface area is 203 Å². The second kappa shape index (κ2) is 14.0. The van der Waals surface area contributed by atoms with Crippen molar-refractivity contribution in [3.63, 3.8) is 0 Å². The van der Waals surface area contributed by atoms with Gasteiger partial charge in [0.25, 0.3) is 5.91 Å². The summed E-state index contributed by atoms with van der Waals surface area (Å²) in [6.45, 7) is 6.41. The summed E-state index contributed by atoms with van der Waals surface area (Å²) >= 11 is 6.20. The van der Waals surface area contributed by atoms with Crippen LogP contribution in [0.4, 0.5) is 5.69 Å². The molecule has 3 amide bonds. The number of nitrogens with zero attached hydrogens (tertiary/aromatic N) is 1. The first kappa shape index (κ1) is 26.8. The Morgan fingerprint density at radius 2 is 1.82 bits per heavy atom. The summed E-state index contributed by atoms with van der Waals surface area (Å²) in [7, 11) is 0. The zero-order valence-electron chi connectivity index (χ0n) is 19.4. The van der Waals surface area contributed by atoms with Crippen molar-refractivity contribution in [3.8, 4) is 5.75 Å². The van der Waals surface area contributed by atoms with E-state index in [4.69, 9.17) is 21.1 Å². The average molecular weight is 489 g/mol. The van der Waals surface area contributed by atoms with Crippen LogP contribution < -0.4 is 20.8 Å². The van der Waals surface area contributed by atoms with Gasteiger partial charge in [-0.05, 0) is 63.1 Å². The number of carbonyl (C=O) groups is 3. The Morgan fingerprint density at radius 1 is 1.09 bits per heavy atom. The first-order chi connectivity index (χ1) is 16.2. The molecule has 0 atom stereocenters. The van der Waals surface area contributed by atoms with Gasteiger partial charge >= 0.3 is 11.8 Å². The van der Waals surface area contributed by atoms with Crippen molar-refractivity contribution in [2.24, 2.45) is 5.10 Å². The zero-order valence-corrected chi connectivity index (χ0v) is 20.1. The smallest absolute Gasteiger partial charge is 0.329 e. The standard InChI is InChI=1S/C24H29ClN4O5/c1-16(2)33-12-4-11-26-23(31)24(32)29-27-14-18-7-10-21(20(25)13-18)34-15-22(30)28-19-8-5-17(3)6-9-19/h5-10,13-14,16H,4,11-12,15H2,1-3H3,(H,26,31)(H,28,30)(H,29,32)/b27-14-. The number of ether oxygens (including phenoxy) is 2. The average Bonchev–Trinajstić information content (AvgIpc) is 2.79. The molecule has 0 heterocycles. The van der Waals surface area contributed by atoms with Gasteiger partial charge in [0.05, 0.1) is 17.3 Å². The monoisotopic (exact) mass is 488 g/mol. The highest BCUT2D eigenvalue weighted by atomic mass is 35.5. The molecule has 0 radical (unpaired) electrons. The van der Waals surface area contributed by atoms with Crippen LogP contribution in [-0.2, 0) is 19.1 Å². The Hall–Kier alpha value is -3.43. The quantitative estimate of drug-likeness (QED) is 0.194. The van der Waals surface area contributed by atoms with E-state index in [1.165, 1.54) is 6.21 Å². The van der Waals surface area contributed by atoms with E-state index in [1.54, 1.807) is 30.3 Å². The molecule has 0 fully saturated rings. The molecule has 34 heavy (non-hydrogen) atoms. The molecule has 182 valence electrons. The molecule has 9 nitrogen and oxygen atoms in total. The van der Waals surface area contributed by atoms with Gasteiger partial charge in [-0.1, -0.05) is 29.3 Å². The lowest BCUT2D eigenvalue weighted by atomic mass is 10.2. The van der Waals surface area contributed by atoms with Crippen molar-refractivity contribution in [1.29, 1.82) is 0 Å². The third kappa shape index (κ3) is 10.0. The van der Waals surface area contributed by atoms with Crippen LogP contribution in [0.3, 0.4) is 0 Å². The van der Waals surface area contributed by atoms with Crippen LogP contribution in [0, 0.1) is 6.92 Å². The Balaban J connectivity index is 1.75. The maximum absolute atomic E-state index is 12.1. The summed E-state index contributed by atoms with van der Waals surface area (Å²) in [4.78, 5) is 35.6. The number of hydrogen-bond acceptors (Lipinski definition) is 6. The van der Waals surface area contributed by atoms with E-state index in [9.17, 15) is 14.4 Å². The summed E-state index contributed by atoms with van der Waals surface area (Å²) in [5, 5.41) is 9.24. The molecule has 0 aliphatic heterocycles. The number of hydrazone groups is 1. The zero-order chi connectivity index (χ0) is 24.9. The third-order valence-corrected chi connectivity index (χ3v) is 4.59. The number of carbonyl (C=O) groups excluding carboxylic acids is 3. The van der Waals surface area contributed by atoms with Crippen LogP contribution in [0.5, 0.6) is 5.75 Å². The van der Waals surface area contributed by atoms with E-state index in [2.05, 4.69) is 21.2 Å². The highest BCUT2D eigenvalue weighted by Crippen LogP contribution is 2.25. The molecule has 0 unspecified atom stereocenters. The van der Waals surface area contributed by atoms with Gasteiger partial charge in [0, 0.05) is 18.8 Å². The lowest BCUT2D eigenvalue weighted by Gasteiger charge is -2.09. The third-order valence-electron chi connectivity index (χ3n) is 4.29. The van der Waals surface area contributed by atoms with Crippen molar-refractivity contribution >= 4 is 41.2 Å². The van der Waals surface area contributed by atoms with Crippen LogP contribution in [-0.4, -0.2) is 49.8 Å². The second-order valence-electron chi connectivity index (χ2n) is 7.62. The van der Waals surface area contributed by atoms with Gasteiger partial charge in [-0.25, -0.2) is 5.43 Å². The molecule has 0 saturated carbocycles. The predicted molar refractivity (Wildman–Crippen MR) is 131 cm³/mol. The maximum Gasteiger partial charge on any atom is 0.329 e. The summed E-state index contributed by atoms with van der Waals surface area (Å²) in [5.74, 6) is -1.67. The number of amides is 3. The Morgan fingerprint density at radius 3 is 2.50 bits per heavy atom. The highest BCUT2D eigenvalue weighted by molar-refractivity contribution is 6.35. The molecule has 0 saturated heterocycles. The normalized spacial score (nSPS) is 10.9. The van der Waals surface area contributed by atoms with Gasteiger partial charge in [0.15, 0.2) is 6.61 Å². The first-order valence-corrected chi connectivity index (χ1v) is 11.1. The highest BCUT2D eigenvalue weighted by Gasteiger charge is 2.12. The van der Waals surface area contributed by atoms with E-state index in [0.717, 1.165) is 5.56 Å². The predicted octanol–water partition coefficient (Wildman–Crippen LogP) is 3.05. The van der Waals surface area contributed by atoms with E-state index in [-0.39, 0.29) is 23.6 Å². The second-order valence-corrected chi connectivity index (χ2v) is 8.03. The number of hydrogen-bond donors (Lipinski definition) is 3. The molecule has 2 rings (SSSR count). The van der Waals surface area contributed by atoms with Crippen LogP contribution in [0.25, 0.3) is 0 Å². The lowest BCUT2D eigenvalue weighted by molar-refractivity contribution is -0.139. The van der Waals surface area contributed by atoms with Gasteiger partial charge in [0.1, 0.15) is 5.75 Å². The maximum atomic E-state index is 12.1. The fourth-order valence-corrected chi connectivity index (χ4v) is 2.82. The number of anilines is 1. The van der Waals surface area contributed by atoms with E-state index < -0.39 is 11.8 Å². The SMILES string of the molecule is Cc1ccc(NC(=O)COc2ccc(/C=N\NC(=O)C(=O)NCCCOC(C)C)cc2Cl)cc1. The van der Waals surface area contributed by atoms with E-state index in [0.29, 0.717) is 36.6 Å². The first-order valence-electron chi connectivity index (χ1n) is 10.8. The molecule has 3 N–H and O–H groups in total. The molecule has 0 bridgehead atoms. The van der Waals surface area contributed by atoms with E-state index in [1.807, 2.05) is 32.9 Å². The largest absolute Gasteiger partial charge is 0.482 e. The Kier molecular flexibility index (Phi) is 11.0. The van der Waals surface area contributed by atoms with Crippen LogP contribution >= 0.6 is 11.6 Å². The minimum absolute atomic E-state index is 0.117. The topological polar surface area (TPSA) is 118 Å². The van der Waals surface area contributed by atoms with Crippen molar-refractivity contribution in [2.75, 3.05) is 25.1 Å². The minimum Gasteiger partial charge on any atom is -0.482 e. The molecular weight excluding hydrogens is 460 g/mol. The van der Waals surface area contributed by atoms with Gasteiger partial charge < -0.3 is 20.1 Å². The fourth-order valence-electron chi connectivity index (χ4n) is 2.58. The molecule has 0 aromatic heterocycles. The summed E-state index contributed by atoms with van der Waals surface area (Å²) in [6, 6.07) is 12.2. The van der Waals surface area contributed by atoms with Crippen LogP contribution in [0.15, 0.2) is 47.6 Å². The van der Waals surface area contributed by atoms with Crippen molar-refractivity contribution in [1.82, 2.24) is 10.7 Å². The van der Waals surface area contributed by atoms with E-state index >= 15 is 0 Å². The van der Waals surface area contributed by atoms with Gasteiger partial charge in [-0.3, -0.25) is 14.4 Å². The summed E-state index contributed by atoms with van der Waals surface area (Å²) < 4.78 is 10.8. The number of rotatable bonds is 11. The van der Waals surface area contributed by atoms with Crippen LogP contribution in [0.2, 0.25) is 5.02 Å². The number of aryl methyl sites for hydroxylation is 1. The van der Waals surface area contributed by atoms with Gasteiger partial charge in [-0.15, -0.1) is 0 Å². The molecular formula is C24H29ClN4O5. The molecule has 0 spiro atoms. The van der Waals surface area contributed by atoms with Gasteiger partial charge in [0.2, 0.25) is 0 Å². The Bertz CT molecular complexity index is 1010. The van der Waals surface area contributed by atoms with Gasteiger partial charge in [-0.2, -0.15) is 5.10 Å². The van der Waals surface area contributed by atoms with Crippen LogP contribution in [0.1, 0.15) is 31.4 Å². The number of benzene rings is 2. The number of halogens is 1.